The van der Waals surface area contributed by atoms with Crippen LogP contribution in [0, 0.1) is 11.3 Å². The van der Waals surface area contributed by atoms with E-state index in [0.717, 1.165) is 12.8 Å². The Bertz CT molecular complexity index is 186. The Balaban J connectivity index is 0. The first kappa shape index (κ1) is 22.2. The van der Waals surface area contributed by atoms with Gasteiger partial charge in [-0.15, -0.1) is 0 Å². The van der Waals surface area contributed by atoms with E-state index in [-0.39, 0.29) is 5.41 Å². The molecule has 0 N–H and O–H groups in total. The van der Waals surface area contributed by atoms with Crippen LogP contribution in [0.2, 0.25) is 0 Å². The second-order valence-electron chi connectivity index (χ2n) is 6.76. The number of halogens is 1. The van der Waals surface area contributed by atoms with Crippen LogP contribution in [-0.4, -0.2) is 6.17 Å². The van der Waals surface area contributed by atoms with Gasteiger partial charge in [0, 0.05) is 0 Å². The number of rotatable bonds is 10. The predicted octanol–water partition coefficient (Wildman–Crippen LogP) is 7.56. The third-order valence-electron chi connectivity index (χ3n) is 4.25. The van der Waals surface area contributed by atoms with Gasteiger partial charge in [-0.3, -0.25) is 0 Å². The van der Waals surface area contributed by atoms with Gasteiger partial charge in [0.1, 0.15) is 6.17 Å². The Hall–Kier alpha value is -0.0700. The fourth-order valence-electron chi connectivity index (χ4n) is 2.78. The quantitative estimate of drug-likeness (QED) is 0.389. The van der Waals surface area contributed by atoms with E-state index in [2.05, 4.69) is 41.5 Å². The lowest BCUT2D eigenvalue weighted by Gasteiger charge is -2.36. The van der Waals surface area contributed by atoms with E-state index in [9.17, 15) is 4.39 Å². The molecule has 0 aromatic carbocycles. The maximum Gasteiger partial charge on any atom is 0.100 e. The van der Waals surface area contributed by atoms with E-state index in [0.29, 0.717) is 12.3 Å². The molecule has 0 aliphatic carbocycles. The van der Waals surface area contributed by atoms with E-state index in [1.807, 2.05) is 6.92 Å². The Kier molecular flexibility index (Phi) is 15.4. The summed E-state index contributed by atoms with van der Waals surface area (Å²) in [6, 6.07) is 0. The van der Waals surface area contributed by atoms with Crippen molar-refractivity contribution >= 4 is 0 Å². The zero-order chi connectivity index (χ0) is 16.0. The zero-order valence-corrected chi connectivity index (χ0v) is 15.4. The predicted molar refractivity (Wildman–Crippen MR) is 92.1 cm³/mol. The molecule has 2 atom stereocenters. The van der Waals surface area contributed by atoms with Crippen LogP contribution in [0.1, 0.15) is 106 Å². The highest BCUT2D eigenvalue weighted by Crippen LogP contribution is 2.41. The summed E-state index contributed by atoms with van der Waals surface area (Å²) in [6.45, 7) is 15.3. The van der Waals surface area contributed by atoms with Crippen molar-refractivity contribution in [1.82, 2.24) is 0 Å². The molecule has 0 fully saturated rings. The van der Waals surface area contributed by atoms with E-state index >= 15 is 0 Å². The summed E-state index contributed by atoms with van der Waals surface area (Å²) in [6.07, 6.45) is 9.48. The SMILES string of the molecule is CCCC.CCCCC(CC)(CC(C)C)CC(F)CC. The van der Waals surface area contributed by atoms with Crippen LogP contribution in [0.4, 0.5) is 4.39 Å². The Morgan fingerprint density at radius 1 is 0.850 bits per heavy atom. The summed E-state index contributed by atoms with van der Waals surface area (Å²) in [4.78, 5) is 0. The van der Waals surface area contributed by atoms with Crippen molar-refractivity contribution in [3.63, 3.8) is 0 Å². The van der Waals surface area contributed by atoms with Crippen molar-refractivity contribution < 1.29 is 4.39 Å². The zero-order valence-electron chi connectivity index (χ0n) is 15.4. The van der Waals surface area contributed by atoms with Gasteiger partial charge in [-0.2, -0.15) is 0 Å². The monoisotopic (exact) mass is 288 g/mol. The summed E-state index contributed by atoms with van der Waals surface area (Å²) >= 11 is 0. The van der Waals surface area contributed by atoms with Crippen molar-refractivity contribution in [2.24, 2.45) is 11.3 Å². The van der Waals surface area contributed by atoms with Crippen LogP contribution in [0.5, 0.6) is 0 Å². The fourth-order valence-corrected chi connectivity index (χ4v) is 2.78. The summed E-state index contributed by atoms with van der Waals surface area (Å²) in [7, 11) is 0. The molecule has 0 spiro atoms. The van der Waals surface area contributed by atoms with E-state index in [1.54, 1.807) is 0 Å². The van der Waals surface area contributed by atoms with Gasteiger partial charge in [0.25, 0.3) is 0 Å². The van der Waals surface area contributed by atoms with E-state index < -0.39 is 6.17 Å². The highest BCUT2D eigenvalue weighted by molar-refractivity contribution is 4.82. The molecular formula is C19H41F. The molecule has 0 aliphatic rings. The van der Waals surface area contributed by atoms with Crippen molar-refractivity contribution in [1.29, 1.82) is 0 Å². The summed E-state index contributed by atoms with van der Waals surface area (Å²) in [5, 5.41) is 0. The first-order valence-corrected chi connectivity index (χ1v) is 9.05. The molecular weight excluding hydrogens is 247 g/mol. The first-order chi connectivity index (χ1) is 9.41. The lowest BCUT2D eigenvalue weighted by Crippen LogP contribution is -2.26. The number of hydrogen-bond acceptors (Lipinski definition) is 0. The molecule has 0 aromatic rings. The van der Waals surface area contributed by atoms with Crippen LogP contribution in [0.25, 0.3) is 0 Å². The van der Waals surface area contributed by atoms with Crippen LogP contribution >= 0.6 is 0 Å². The van der Waals surface area contributed by atoms with Gasteiger partial charge >= 0.3 is 0 Å². The van der Waals surface area contributed by atoms with E-state index in [4.69, 9.17) is 0 Å². The molecule has 0 saturated heterocycles. The van der Waals surface area contributed by atoms with Crippen molar-refractivity contribution in [3.05, 3.63) is 0 Å². The maximum atomic E-state index is 13.7. The standard InChI is InChI=1S/C15H31F.C4H10/c1-6-9-10-15(8-3,11-13(4)5)12-14(16)7-2;1-3-4-2/h13-14H,6-12H2,1-5H3;3-4H2,1-2H3. The number of unbranched alkanes of at least 4 members (excludes halogenated alkanes) is 2. The third-order valence-corrected chi connectivity index (χ3v) is 4.25. The van der Waals surface area contributed by atoms with Crippen LogP contribution in [-0.2, 0) is 0 Å². The Morgan fingerprint density at radius 3 is 1.70 bits per heavy atom. The average molecular weight is 289 g/mol. The molecule has 2 unspecified atom stereocenters. The summed E-state index contributed by atoms with van der Waals surface area (Å²) in [5.41, 5.74) is 0.263. The average Bonchev–Trinajstić information content (AvgIpc) is 2.44. The Labute approximate surface area is 128 Å². The van der Waals surface area contributed by atoms with E-state index in [1.165, 1.54) is 38.5 Å². The molecule has 0 amide bonds. The lowest BCUT2D eigenvalue weighted by atomic mass is 9.70. The molecule has 124 valence electrons. The smallest absolute Gasteiger partial charge is 0.100 e. The third kappa shape index (κ3) is 11.7. The lowest BCUT2D eigenvalue weighted by molar-refractivity contribution is 0.120. The summed E-state index contributed by atoms with van der Waals surface area (Å²) < 4.78 is 13.7. The van der Waals surface area contributed by atoms with Gasteiger partial charge in [-0.05, 0) is 37.0 Å². The van der Waals surface area contributed by atoms with Crippen molar-refractivity contribution in [2.75, 3.05) is 0 Å². The second-order valence-corrected chi connectivity index (χ2v) is 6.76. The van der Waals surface area contributed by atoms with Crippen LogP contribution in [0.15, 0.2) is 0 Å². The number of hydrogen-bond donors (Lipinski definition) is 0. The van der Waals surface area contributed by atoms with Gasteiger partial charge in [-0.25, -0.2) is 4.39 Å². The maximum absolute atomic E-state index is 13.7. The molecule has 1 heteroatoms. The minimum absolute atomic E-state index is 0.263. The van der Waals surface area contributed by atoms with Crippen molar-refractivity contribution in [2.45, 2.75) is 112 Å². The van der Waals surface area contributed by atoms with Crippen LogP contribution in [0.3, 0.4) is 0 Å². The minimum atomic E-state index is -0.601. The highest BCUT2D eigenvalue weighted by atomic mass is 19.1. The van der Waals surface area contributed by atoms with Crippen molar-refractivity contribution in [3.8, 4) is 0 Å². The Morgan fingerprint density at radius 2 is 1.40 bits per heavy atom. The fraction of sp³-hybridized carbons (Fsp3) is 1.00. The molecule has 0 aliphatic heterocycles. The first-order valence-electron chi connectivity index (χ1n) is 9.05. The topological polar surface area (TPSA) is 0 Å². The normalized spacial score (nSPS) is 15.4. The second kappa shape index (κ2) is 13.9. The molecule has 0 bridgehead atoms. The minimum Gasteiger partial charge on any atom is -0.247 e. The summed E-state index contributed by atoms with van der Waals surface area (Å²) in [5.74, 6) is 0.681. The molecule has 20 heavy (non-hydrogen) atoms. The van der Waals surface area contributed by atoms with Gasteiger partial charge in [0.15, 0.2) is 0 Å². The molecule has 0 heterocycles. The molecule has 0 rings (SSSR count). The van der Waals surface area contributed by atoms with Gasteiger partial charge < -0.3 is 0 Å². The molecule has 0 nitrogen and oxygen atoms in total. The van der Waals surface area contributed by atoms with Gasteiger partial charge in [0.05, 0.1) is 0 Å². The molecule has 0 radical (unpaired) electrons. The molecule has 0 aromatic heterocycles. The van der Waals surface area contributed by atoms with Gasteiger partial charge in [0.2, 0.25) is 0 Å². The highest BCUT2D eigenvalue weighted by Gasteiger charge is 2.31. The van der Waals surface area contributed by atoms with Crippen LogP contribution < -0.4 is 0 Å². The largest absolute Gasteiger partial charge is 0.247 e. The molecule has 0 saturated carbocycles. The number of alkyl halides is 1. The van der Waals surface area contributed by atoms with Gasteiger partial charge in [-0.1, -0.05) is 80.6 Å².